The van der Waals surface area contributed by atoms with E-state index in [4.69, 9.17) is 38.0 Å². The number of hydrogen-bond donors (Lipinski definition) is 1. The van der Waals surface area contributed by atoms with E-state index in [1.807, 2.05) is 15.9 Å². The molecule has 434 valence electrons. The molecule has 16 nitrogen and oxygen atoms in total. The van der Waals surface area contributed by atoms with Crippen LogP contribution in [0.2, 0.25) is 0 Å². The number of halogens is 13. The molecule has 5 rings (SSSR count). The summed E-state index contributed by atoms with van der Waals surface area (Å²) in [6, 6.07) is 13.4. The number of aromatic nitrogens is 5. The Labute approximate surface area is 592 Å². The number of pyridine rings is 5. The standard InChI is InChI=1S/C10H8F2N2O2.C8H5F2IN2.C8H6F2N2O.C8H4FIN2.C6H3BrN2.C4H5BrF2O2.C4H9O.CH4.B.Cu.K.Na.H/c1-3-16-9(15)10(11,12)8-5-4-7(13-2)6-14-8;1-12-6-2-3-7(13-4-6)8(9,10)5-11;1-11-6-2-3-7(12-4-6)8(9,10)5-13;1-11-6-2-3-8(12-5-6)7(9)4-10;1-8-5-2-3-6(7)9-4-5;1-2-9-3(8)4(5,6)7;1-4(2,3)5;;;;;;/h4-6H,3H2,1H3;2-4H,5H2;2-4,13H,5H2;2-5H;2-4H;2H2,1H3;1-3H3;1H4;;;;;/q;;;;;;-1;;;;2*+1;-1/b;;;7-4-;;;;;;;;;. The Bertz CT molecular complexity index is 2800. The third-order valence-corrected chi connectivity index (χ3v) is 9.46. The number of nitrogens with zero attached hydrogens (tertiary/aromatic N) is 10. The van der Waals surface area contributed by atoms with Crippen LogP contribution in [0.5, 0.6) is 0 Å². The molecule has 0 unspecified atom stereocenters. The minimum absolute atomic E-state index is 0. The molecule has 5 aromatic heterocycles. The van der Waals surface area contributed by atoms with Crippen molar-refractivity contribution in [3.8, 4) is 0 Å². The molecular weight excluding hydrogens is 1550 g/mol. The zero-order chi connectivity index (χ0) is 59.6. The van der Waals surface area contributed by atoms with Crippen molar-refractivity contribution >= 4 is 132 Å². The summed E-state index contributed by atoms with van der Waals surface area (Å²) in [5.74, 6) is -13.6. The Hall–Kier alpha value is -3.19. The van der Waals surface area contributed by atoms with E-state index >= 15 is 0 Å². The molecule has 0 atom stereocenters. The molecule has 0 aliphatic carbocycles. The van der Waals surface area contributed by atoms with Crippen molar-refractivity contribution in [3.05, 3.63) is 180 Å². The summed E-state index contributed by atoms with van der Waals surface area (Å²) in [4.78, 5) is 50.7. The molecule has 33 heteroatoms. The van der Waals surface area contributed by atoms with E-state index in [1.165, 1.54) is 66.7 Å². The molecule has 0 aliphatic heterocycles. The molecule has 0 saturated heterocycles. The Balaban J connectivity index is -0.000000133. The summed E-state index contributed by atoms with van der Waals surface area (Å²) < 4.78 is 124. The van der Waals surface area contributed by atoms with Gasteiger partial charge in [0.1, 0.15) is 28.3 Å². The van der Waals surface area contributed by atoms with Gasteiger partial charge in [-0.15, -0.1) is 5.60 Å². The predicted molar refractivity (Wildman–Crippen MR) is 301 cm³/mol. The second-order valence-electron chi connectivity index (χ2n) is 14.3. The van der Waals surface area contributed by atoms with E-state index in [0.717, 1.165) is 35.3 Å². The van der Waals surface area contributed by atoms with Crippen LogP contribution in [0, 0.1) is 32.9 Å². The minimum Gasteiger partial charge on any atom is -1.00 e. The molecule has 82 heavy (non-hydrogen) atoms. The molecule has 0 bridgehead atoms. The summed E-state index contributed by atoms with van der Waals surface area (Å²) in [6.07, 6.45) is 6.06. The molecule has 0 aliphatic rings. The van der Waals surface area contributed by atoms with Crippen molar-refractivity contribution < 1.29 is 168 Å². The van der Waals surface area contributed by atoms with Crippen molar-refractivity contribution in [2.45, 2.75) is 70.2 Å². The number of esters is 2. The predicted octanol–water partition coefficient (Wildman–Crippen LogP) is 8.95. The Morgan fingerprint density at radius 2 is 0.976 bits per heavy atom. The van der Waals surface area contributed by atoms with Gasteiger partial charge in [-0.1, -0.05) is 81.1 Å². The van der Waals surface area contributed by atoms with Crippen LogP contribution in [0.15, 0.2) is 100 Å². The fraction of sp³-hybridized carbons (Fsp3) is 0.306. The first-order valence-corrected chi connectivity index (χ1v) is 24.9. The van der Waals surface area contributed by atoms with E-state index in [0.29, 0.717) is 11.4 Å². The Morgan fingerprint density at radius 3 is 1.22 bits per heavy atom. The quantitative estimate of drug-likeness (QED) is 0.0268. The first-order valence-electron chi connectivity index (χ1n) is 20.5. The molecular formula is C49H45BBr2CuF9I2KN10NaO6. The van der Waals surface area contributed by atoms with Crippen LogP contribution < -0.4 is 86.0 Å². The number of aliphatic hydroxyl groups excluding tert-OH is 1. The van der Waals surface area contributed by atoms with Crippen LogP contribution in [0.1, 0.15) is 66.2 Å². The van der Waals surface area contributed by atoms with Crippen molar-refractivity contribution in [3.63, 3.8) is 0 Å². The number of aliphatic hydroxyl groups is 1. The molecule has 4 radical (unpaired) electrons. The van der Waals surface area contributed by atoms with Gasteiger partial charge < -0.3 is 21.1 Å². The van der Waals surface area contributed by atoms with Gasteiger partial charge in [0.2, 0.25) is 28.4 Å². The van der Waals surface area contributed by atoms with Crippen LogP contribution >= 0.6 is 77.0 Å². The smallest absolute Gasteiger partial charge is 1.00 e. The van der Waals surface area contributed by atoms with Gasteiger partial charge in [0.05, 0.1) is 56.2 Å². The van der Waals surface area contributed by atoms with Gasteiger partial charge in [0, 0.05) is 76.5 Å². The molecule has 0 aromatic carbocycles. The van der Waals surface area contributed by atoms with Gasteiger partial charge in [-0.3, -0.25) is 24.9 Å². The molecule has 5 aromatic rings. The summed E-state index contributed by atoms with van der Waals surface area (Å²) in [5, 5.41) is 18.4. The third kappa shape index (κ3) is 40.2. The summed E-state index contributed by atoms with van der Waals surface area (Å²) in [5.41, 5.74) is -0.445. The number of hydrogen-bond acceptors (Lipinski definition) is 11. The Morgan fingerprint density at radius 1 is 0.659 bits per heavy atom. The fourth-order valence-corrected chi connectivity index (χ4v) is 4.81. The maximum atomic E-state index is 13.4. The number of ether oxygens (including phenoxy) is 2. The summed E-state index contributed by atoms with van der Waals surface area (Å²) >= 11 is 8.40. The second kappa shape index (κ2) is 48.0. The number of alkyl halides is 10. The molecule has 0 amide bonds. The van der Waals surface area contributed by atoms with Crippen LogP contribution in [-0.2, 0) is 53.9 Å². The zero-order valence-electron chi connectivity index (χ0n) is 44.3. The molecule has 5 heterocycles. The number of rotatable bonds is 10. The maximum absolute atomic E-state index is 13.4. The van der Waals surface area contributed by atoms with Gasteiger partial charge in [0.15, 0.2) is 5.83 Å². The van der Waals surface area contributed by atoms with Gasteiger partial charge >= 0.3 is 110 Å². The fourth-order valence-electron chi connectivity index (χ4n) is 3.75. The topological polar surface area (TPSA) is 182 Å². The van der Waals surface area contributed by atoms with E-state index in [9.17, 15) is 54.2 Å². The summed E-state index contributed by atoms with van der Waals surface area (Å²) in [6.45, 7) is 39.4. The average Bonchev–Trinajstić information content (AvgIpc) is 3.41. The summed E-state index contributed by atoms with van der Waals surface area (Å²) in [7, 11) is 0. The number of carbonyl (C=O) groups is 2. The van der Waals surface area contributed by atoms with Gasteiger partial charge in [-0.2, -0.15) is 35.1 Å². The SMILES string of the molecule is C.CC(C)(C)[O-].CCOC(=O)C(F)(F)Br.[B].[C-]#[N+]c1ccc(/C(F)=C/I)nc1.[C-]#[N+]c1ccc(Br)nc1.[C-]#[N+]c1ccc(C(F)(F)C(=O)OCC)nc1.[C-]#[N+]c1ccc(C(F)(F)CI)nc1.[C-]#[N+]c1ccc(C(F)(F)CO)nc1.[Cu].[H-].[K+].[Na+]. The van der Waals surface area contributed by atoms with Crippen LogP contribution in [0.3, 0.4) is 0 Å². The molecule has 0 saturated carbocycles. The van der Waals surface area contributed by atoms with Gasteiger partial charge in [-0.25, -0.2) is 38.2 Å². The largest absolute Gasteiger partial charge is 1.00 e. The van der Waals surface area contributed by atoms with Gasteiger partial charge in [-0.05, 0) is 82.7 Å². The first kappa shape index (κ1) is 92.5. The maximum Gasteiger partial charge on any atom is 1.00 e. The Kier molecular flexibility index (Phi) is 54.1. The van der Waals surface area contributed by atoms with Crippen LogP contribution in [-0.4, -0.2) is 85.1 Å². The van der Waals surface area contributed by atoms with Gasteiger partial charge in [0.25, 0.3) is 5.92 Å². The molecule has 1 N–H and O–H groups in total. The van der Waals surface area contributed by atoms with E-state index in [2.05, 4.69) is 74.5 Å². The van der Waals surface area contributed by atoms with E-state index < -0.39 is 58.1 Å². The molecule has 0 spiro atoms. The number of carbonyl (C=O) groups excluding carboxylic acids is 2. The normalized spacial score (nSPS) is 10.0. The third-order valence-electron chi connectivity index (χ3n) is 7.17. The monoisotopic (exact) mass is 1590 g/mol. The molecule has 0 fully saturated rings. The van der Waals surface area contributed by atoms with Crippen molar-refractivity contribution in [2.24, 2.45) is 0 Å². The van der Waals surface area contributed by atoms with Crippen molar-refractivity contribution in [1.29, 1.82) is 0 Å². The second-order valence-corrected chi connectivity index (χ2v) is 17.5. The zero-order valence-corrected chi connectivity index (χ0v) is 56.9. The van der Waals surface area contributed by atoms with E-state index in [-0.39, 0.29) is 167 Å². The van der Waals surface area contributed by atoms with Crippen LogP contribution in [0.4, 0.5) is 68.0 Å². The average molecular weight is 1590 g/mol. The van der Waals surface area contributed by atoms with E-state index in [1.54, 1.807) is 78.1 Å². The first-order chi connectivity index (χ1) is 35.8. The van der Waals surface area contributed by atoms with Crippen LogP contribution in [0.25, 0.3) is 30.1 Å². The van der Waals surface area contributed by atoms with Crippen molar-refractivity contribution in [2.75, 3.05) is 24.2 Å². The minimum atomic E-state index is -3.78. The van der Waals surface area contributed by atoms with Crippen molar-refractivity contribution in [1.82, 2.24) is 24.9 Å².